The molecule has 1 atom stereocenters. The van der Waals surface area contributed by atoms with Gasteiger partial charge < -0.3 is 15.2 Å². The first-order valence-corrected chi connectivity index (χ1v) is 8.11. The van der Waals surface area contributed by atoms with Gasteiger partial charge in [-0.25, -0.2) is 9.97 Å². The van der Waals surface area contributed by atoms with E-state index >= 15 is 0 Å². The van der Waals surface area contributed by atoms with Gasteiger partial charge in [0.15, 0.2) is 0 Å². The maximum atomic E-state index is 12.2. The van der Waals surface area contributed by atoms with Crippen molar-refractivity contribution in [3.8, 4) is 11.3 Å². The third-order valence-corrected chi connectivity index (χ3v) is 4.46. The highest BCUT2D eigenvalue weighted by Gasteiger charge is 2.22. The minimum atomic E-state index is -0.108. The smallest absolute Gasteiger partial charge is 0.242 e. The van der Waals surface area contributed by atoms with Crippen LogP contribution in [0.5, 0.6) is 0 Å². The Morgan fingerprint density at radius 3 is 2.96 bits per heavy atom. The lowest BCUT2D eigenvalue weighted by Crippen LogP contribution is -2.35. The van der Waals surface area contributed by atoms with Gasteiger partial charge in [-0.05, 0) is 36.9 Å². The maximum Gasteiger partial charge on any atom is 0.242 e. The highest BCUT2D eigenvalue weighted by Crippen LogP contribution is 2.25. The molecule has 1 fully saturated rings. The molecule has 1 aliphatic rings. The number of pyridine rings is 1. The number of nitrogens with zero attached hydrogens (tertiary/aromatic N) is 3. The average Bonchev–Trinajstić information content (AvgIpc) is 3.25. The summed E-state index contributed by atoms with van der Waals surface area (Å²) in [5.74, 6) is 0.575. The third kappa shape index (κ3) is 2.76. The van der Waals surface area contributed by atoms with Crippen LogP contribution in [0.1, 0.15) is 12.8 Å². The molecule has 1 unspecified atom stereocenters. The number of rotatable bonds is 3. The molecule has 1 saturated heterocycles. The Morgan fingerprint density at radius 2 is 2.21 bits per heavy atom. The van der Waals surface area contributed by atoms with E-state index in [9.17, 15) is 4.79 Å². The number of benzene rings is 1. The molecule has 2 N–H and O–H groups in total. The molecular weight excluding hydrogens is 302 g/mol. The number of aryl methyl sites for hydroxylation is 1. The van der Waals surface area contributed by atoms with Gasteiger partial charge in [-0.3, -0.25) is 4.79 Å². The first-order chi connectivity index (χ1) is 11.7. The summed E-state index contributed by atoms with van der Waals surface area (Å²) in [6, 6.07) is 8.00. The van der Waals surface area contributed by atoms with Crippen molar-refractivity contribution in [2.75, 3.05) is 11.9 Å². The molecular formula is C18H19N5O. The third-order valence-electron chi connectivity index (χ3n) is 4.46. The summed E-state index contributed by atoms with van der Waals surface area (Å²) in [6.45, 7) is 0.900. The molecule has 24 heavy (non-hydrogen) atoms. The number of nitrogens with one attached hydrogen (secondary N) is 2. The van der Waals surface area contributed by atoms with Gasteiger partial charge in [0, 0.05) is 24.2 Å². The van der Waals surface area contributed by atoms with E-state index in [-0.39, 0.29) is 11.9 Å². The number of aromatic nitrogens is 3. The molecule has 1 aromatic carbocycles. The second kappa shape index (κ2) is 6.05. The van der Waals surface area contributed by atoms with Crippen LogP contribution in [-0.2, 0) is 11.8 Å². The number of hydrogen-bond acceptors (Lipinski definition) is 4. The van der Waals surface area contributed by atoms with Gasteiger partial charge in [0.2, 0.25) is 5.91 Å². The Labute approximate surface area is 139 Å². The van der Waals surface area contributed by atoms with Crippen LogP contribution < -0.4 is 10.6 Å². The molecule has 0 aliphatic carbocycles. The van der Waals surface area contributed by atoms with Crippen molar-refractivity contribution in [2.24, 2.45) is 7.05 Å². The standard InChI is InChI=1S/C18H19N5O/c1-23-11-19-10-16(23)12-4-5-13-9-21-17(8-14(13)7-12)22-18(24)15-3-2-6-20-15/h4-5,7-11,15,20H,2-3,6H2,1H3,(H,21,22,24). The normalized spacial score (nSPS) is 17.3. The molecule has 0 radical (unpaired) electrons. The Morgan fingerprint density at radius 1 is 1.29 bits per heavy atom. The fourth-order valence-corrected chi connectivity index (χ4v) is 3.13. The predicted molar refractivity (Wildman–Crippen MR) is 93.6 cm³/mol. The Kier molecular flexibility index (Phi) is 3.74. The molecule has 122 valence electrons. The Bertz CT molecular complexity index is 895. The van der Waals surface area contributed by atoms with Crippen molar-refractivity contribution < 1.29 is 4.79 Å². The van der Waals surface area contributed by atoms with E-state index in [1.807, 2.05) is 29.9 Å². The van der Waals surface area contributed by atoms with E-state index < -0.39 is 0 Å². The van der Waals surface area contributed by atoms with E-state index in [4.69, 9.17) is 0 Å². The fraction of sp³-hybridized carbons (Fsp3) is 0.278. The van der Waals surface area contributed by atoms with E-state index in [1.54, 1.807) is 12.5 Å². The number of amides is 1. The summed E-state index contributed by atoms with van der Waals surface area (Å²) >= 11 is 0. The number of fused-ring (bicyclic) bond motifs is 1. The summed E-state index contributed by atoms with van der Waals surface area (Å²) in [5, 5.41) is 8.19. The van der Waals surface area contributed by atoms with Gasteiger partial charge >= 0.3 is 0 Å². The molecule has 1 aliphatic heterocycles. The summed E-state index contributed by atoms with van der Waals surface area (Å²) < 4.78 is 1.98. The van der Waals surface area contributed by atoms with Gasteiger partial charge in [-0.1, -0.05) is 12.1 Å². The molecule has 2 aromatic heterocycles. The van der Waals surface area contributed by atoms with Gasteiger partial charge in [0.25, 0.3) is 0 Å². The van der Waals surface area contributed by atoms with Crippen LogP contribution in [0.3, 0.4) is 0 Å². The number of imidazole rings is 1. The number of carbonyl (C=O) groups is 1. The predicted octanol–water partition coefficient (Wildman–Crippen LogP) is 2.33. The lowest BCUT2D eigenvalue weighted by molar-refractivity contribution is -0.117. The zero-order valence-electron chi connectivity index (χ0n) is 13.5. The average molecular weight is 321 g/mol. The van der Waals surface area contributed by atoms with Crippen molar-refractivity contribution in [3.05, 3.63) is 43.0 Å². The largest absolute Gasteiger partial charge is 0.334 e. The summed E-state index contributed by atoms with van der Waals surface area (Å²) in [4.78, 5) is 20.7. The van der Waals surface area contributed by atoms with Crippen LogP contribution >= 0.6 is 0 Å². The van der Waals surface area contributed by atoms with Crippen LogP contribution in [0, 0.1) is 0 Å². The number of anilines is 1. The highest BCUT2D eigenvalue weighted by atomic mass is 16.2. The van der Waals surface area contributed by atoms with E-state index in [1.165, 1.54) is 0 Å². The molecule has 3 heterocycles. The zero-order valence-corrected chi connectivity index (χ0v) is 13.5. The topological polar surface area (TPSA) is 71.8 Å². The zero-order chi connectivity index (χ0) is 16.5. The van der Waals surface area contributed by atoms with E-state index in [2.05, 4.69) is 32.7 Å². The Balaban J connectivity index is 1.64. The van der Waals surface area contributed by atoms with Crippen molar-refractivity contribution in [1.29, 1.82) is 0 Å². The van der Waals surface area contributed by atoms with Crippen LogP contribution in [0.4, 0.5) is 5.82 Å². The molecule has 3 aromatic rings. The molecule has 6 nitrogen and oxygen atoms in total. The molecule has 0 bridgehead atoms. The highest BCUT2D eigenvalue weighted by molar-refractivity contribution is 5.96. The quantitative estimate of drug-likeness (QED) is 0.776. The SMILES string of the molecule is Cn1cncc1-c1ccc2cnc(NC(=O)C3CCCN3)cc2c1. The van der Waals surface area contributed by atoms with Crippen LogP contribution in [0.25, 0.3) is 22.0 Å². The monoisotopic (exact) mass is 321 g/mol. The lowest BCUT2D eigenvalue weighted by atomic mass is 10.1. The second-order valence-corrected chi connectivity index (χ2v) is 6.16. The van der Waals surface area contributed by atoms with Crippen molar-refractivity contribution >= 4 is 22.5 Å². The minimum Gasteiger partial charge on any atom is -0.334 e. The fourth-order valence-electron chi connectivity index (χ4n) is 3.13. The van der Waals surface area contributed by atoms with Crippen molar-refractivity contribution in [3.63, 3.8) is 0 Å². The van der Waals surface area contributed by atoms with Crippen molar-refractivity contribution in [1.82, 2.24) is 19.9 Å². The molecule has 0 saturated carbocycles. The second-order valence-electron chi connectivity index (χ2n) is 6.16. The van der Waals surface area contributed by atoms with Gasteiger partial charge in [0.05, 0.1) is 24.3 Å². The Hall–Kier alpha value is -2.73. The summed E-state index contributed by atoms with van der Waals surface area (Å²) in [5.41, 5.74) is 2.14. The van der Waals surface area contributed by atoms with E-state index in [0.29, 0.717) is 5.82 Å². The molecule has 4 rings (SSSR count). The van der Waals surface area contributed by atoms with Crippen LogP contribution in [-0.4, -0.2) is 33.0 Å². The van der Waals surface area contributed by atoms with E-state index in [0.717, 1.165) is 41.4 Å². The first kappa shape index (κ1) is 14.8. The summed E-state index contributed by atoms with van der Waals surface area (Å²) in [7, 11) is 1.97. The number of hydrogen-bond donors (Lipinski definition) is 2. The van der Waals surface area contributed by atoms with Gasteiger partial charge in [-0.15, -0.1) is 0 Å². The van der Waals surface area contributed by atoms with Gasteiger partial charge in [-0.2, -0.15) is 0 Å². The minimum absolute atomic E-state index is 0.0119. The lowest BCUT2D eigenvalue weighted by Gasteiger charge is -2.11. The molecule has 6 heteroatoms. The first-order valence-electron chi connectivity index (χ1n) is 8.11. The number of carbonyl (C=O) groups excluding carboxylic acids is 1. The van der Waals surface area contributed by atoms with Gasteiger partial charge in [0.1, 0.15) is 5.82 Å². The molecule has 1 amide bonds. The van der Waals surface area contributed by atoms with Crippen LogP contribution in [0.15, 0.2) is 43.0 Å². The summed E-state index contributed by atoms with van der Waals surface area (Å²) in [6.07, 6.45) is 7.34. The van der Waals surface area contributed by atoms with Crippen molar-refractivity contribution in [2.45, 2.75) is 18.9 Å². The molecule has 0 spiro atoms. The van der Waals surface area contributed by atoms with Crippen LogP contribution in [0.2, 0.25) is 0 Å². The maximum absolute atomic E-state index is 12.2.